The van der Waals surface area contributed by atoms with Crippen molar-refractivity contribution in [3.63, 3.8) is 0 Å². The number of carbonyl (C=O) groups excluding carboxylic acids is 9. The lowest BCUT2D eigenvalue weighted by atomic mass is 9.86. The van der Waals surface area contributed by atoms with Crippen molar-refractivity contribution in [1.82, 2.24) is 40.2 Å². The molecule has 2 aromatic heterocycles. The second-order valence-electron chi connectivity index (χ2n) is 22.0. The maximum Gasteiger partial charge on any atom is 0.415 e. The van der Waals surface area contributed by atoms with E-state index < -0.39 is 53.7 Å². The number of aliphatic hydroxyl groups is 1. The summed E-state index contributed by atoms with van der Waals surface area (Å²) in [6.45, 7) is 11.5. The van der Waals surface area contributed by atoms with Gasteiger partial charge in [0.15, 0.2) is 5.60 Å². The smallest absolute Gasteiger partial charge is 0.415 e. The number of urea groups is 1. The van der Waals surface area contributed by atoms with Gasteiger partial charge in [0.25, 0.3) is 5.56 Å². The normalized spacial score (nSPS) is 16.8. The van der Waals surface area contributed by atoms with Crippen LogP contribution in [-0.4, -0.2) is 135 Å². The zero-order valence-corrected chi connectivity index (χ0v) is 48.4. The highest BCUT2D eigenvalue weighted by Crippen LogP contribution is 2.41. The molecule has 83 heavy (non-hydrogen) atoms. The number of primary amides is 1. The van der Waals surface area contributed by atoms with Crippen molar-refractivity contribution in [3.8, 4) is 17.1 Å². The minimum Gasteiger partial charge on any atom is -0.458 e. The van der Waals surface area contributed by atoms with E-state index in [0.717, 1.165) is 16.5 Å². The van der Waals surface area contributed by atoms with Crippen molar-refractivity contribution in [3.05, 3.63) is 86.7 Å². The lowest BCUT2D eigenvalue weighted by Gasteiger charge is -2.31. The number of benzene rings is 2. The lowest BCUT2D eigenvalue weighted by molar-refractivity contribution is -0.172. The molecule has 0 spiro atoms. The molecule has 24 nitrogen and oxygen atoms in total. The zero-order valence-electron chi connectivity index (χ0n) is 48.4. The molecule has 9 amide bonds. The molecule has 0 bridgehead atoms. The number of cyclic esters (lactones) is 1. The summed E-state index contributed by atoms with van der Waals surface area (Å²) in [6.07, 6.45) is 1.57. The van der Waals surface area contributed by atoms with Gasteiger partial charge in [0, 0.05) is 81.2 Å². The molecule has 2 aromatic carbocycles. The molecule has 7 N–H and O–H groups in total. The summed E-state index contributed by atoms with van der Waals surface area (Å²) in [5.41, 5.74) is 7.67. The quantitative estimate of drug-likeness (QED) is 0.0256. The van der Waals surface area contributed by atoms with Gasteiger partial charge in [-0.1, -0.05) is 60.1 Å². The van der Waals surface area contributed by atoms with Crippen LogP contribution in [0.4, 0.5) is 20.1 Å². The highest BCUT2D eigenvalue weighted by Gasteiger charge is 2.46. The van der Waals surface area contributed by atoms with Gasteiger partial charge >= 0.3 is 24.2 Å². The Bertz CT molecular complexity index is 3220. The molecule has 0 saturated carbocycles. The molecule has 3 aliphatic rings. The number of aryl methyl sites for hydroxylation is 1. The Balaban J connectivity index is 0.870. The molecule has 5 heterocycles. The first-order chi connectivity index (χ1) is 39.4. The number of ether oxygens (including phenoxy) is 3. The fourth-order valence-corrected chi connectivity index (χ4v) is 10.5. The van der Waals surface area contributed by atoms with Crippen LogP contribution in [-0.2, 0) is 70.0 Å². The number of aromatic nitrogens is 2. The van der Waals surface area contributed by atoms with E-state index in [1.807, 2.05) is 20.8 Å². The third-order valence-corrected chi connectivity index (χ3v) is 15.6. The number of hydrogen-bond donors (Lipinski definition) is 6. The molecule has 7 rings (SSSR count). The summed E-state index contributed by atoms with van der Waals surface area (Å²) >= 11 is 0. The number of nitrogens with one attached hydrogen (secondary N) is 4. The average Bonchev–Trinajstić information content (AvgIpc) is 2.03. The fourth-order valence-electron chi connectivity index (χ4n) is 10.5. The summed E-state index contributed by atoms with van der Waals surface area (Å²) < 4.78 is 18.1. The van der Waals surface area contributed by atoms with Gasteiger partial charge in [-0.05, 0) is 97.9 Å². The molecule has 1 unspecified atom stereocenters. The van der Waals surface area contributed by atoms with E-state index >= 15 is 0 Å². The Labute approximate surface area is 481 Å². The SMILES string of the molecule is CCc1c2c(nc3ccc(OC(=O)N(C)CCN(C)C(=O)OCc4ccc(NC(=O)[C@H](CCCNC(N)=O)NC(=O)[C@@H](NC(=O)CCCCCN5C(=O)CC(C(C)C)C5=O)C(C)C)cc4)cc13)-c1cc3c(c(=O)n1C2)COC(=O)[C@]3(O)CC. The number of hydrogen-bond acceptors (Lipinski definition) is 15. The second-order valence-corrected chi connectivity index (χ2v) is 22.0. The summed E-state index contributed by atoms with van der Waals surface area (Å²) in [7, 11) is 3.05. The predicted octanol–water partition coefficient (Wildman–Crippen LogP) is 4.95. The third-order valence-electron chi connectivity index (χ3n) is 15.6. The largest absolute Gasteiger partial charge is 0.458 e. The average molecular weight is 1150 g/mol. The molecule has 0 aliphatic carbocycles. The van der Waals surface area contributed by atoms with Crippen LogP contribution in [0.15, 0.2) is 53.3 Å². The highest BCUT2D eigenvalue weighted by atomic mass is 16.6. The maximum absolute atomic E-state index is 13.8. The lowest BCUT2D eigenvalue weighted by Crippen LogP contribution is -2.54. The second kappa shape index (κ2) is 27.1. The number of esters is 1. The van der Waals surface area contributed by atoms with Crippen molar-refractivity contribution in [2.45, 2.75) is 137 Å². The number of anilines is 1. The molecule has 1 fully saturated rings. The van der Waals surface area contributed by atoms with Crippen LogP contribution >= 0.6 is 0 Å². The molecule has 1 saturated heterocycles. The summed E-state index contributed by atoms with van der Waals surface area (Å²) in [5, 5.41) is 22.8. The van der Waals surface area contributed by atoms with Gasteiger partial charge in [0.1, 0.15) is 31.0 Å². The van der Waals surface area contributed by atoms with Gasteiger partial charge in [-0.2, -0.15) is 0 Å². The van der Waals surface area contributed by atoms with E-state index in [2.05, 4.69) is 21.3 Å². The van der Waals surface area contributed by atoms with Gasteiger partial charge in [0.2, 0.25) is 29.5 Å². The van der Waals surface area contributed by atoms with Crippen LogP contribution < -0.4 is 37.3 Å². The van der Waals surface area contributed by atoms with Crippen molar-refractivity contribution < 1.29 is 62.5 Å². The molecule has 4 aromatic rings. The molecular weight excluding hydrogens is 1070 g/mol. The number of nitrogens with zero attached hydrogens (tertiary/aromatic N) is 5. The number of fused-ring (bicyclic) bond motifs is 5. The standard InChI is InChI=1S/C59H76N10O14/c1-9-38-40-27-37(21-22-44(40)63-50-41(38)30-69-46(50)29-43-42(54(69)75)32-81-55(76)59(43,80)10-2)83-58(79)67(8)26-25-66(7)57(78)82-31-35-17-19-36(20-18-35)62-51(72)45(15-14-23-61-56(60)77)64-52(73)49(34(5)6)65-47(70)16-12-11-13-24-68-48(71)28-39(33(3)4)53(68)74/h17-22,27,29,33-34,39,45,49,80H,9-16,23-26,28,30-32H2,1-8H3,(H,62,72)(H,64,73)(H,65,70)(H3,60,61,77)/t39?,45-,49-,59-/m0/s1. The van der Waals surface area contributed by atoms with E-state index in [9.17, 15) is 53.1 Å². The van der Waals surface area contributed by atoms with Crippen LogP contribution in [0.2, 0.25) is 0 Å². The highest BCUT2D eigenvalue weighted by molar-refractivity contribution is 6.03. The number of unbranched alkanes of at least 4 members (excludes halogenated alkanes) is 2. The topological polar surface area (TPSA) is 320 Å². The van der Waals surface area contributed by atoms with Crippen molar-refractivity contribution in [2.24, 2.45) is 23.5 Å². The Kier molecular flexibility index (Phi) is 20.3. The van der Waals surface area contributed by atoms with Crippen LogP contribution in [0.5, 0.6) is 5.75 Å². The van der Waals surface area contributed by atoms with E-state index in [0.29, 0.717) is 60.4 Å². The number of carbonyl (C=O) groups is 9. The van der Waals surface area contributed by atoms with E-state index in [1.54, 1.807) is 73.9 Å². The number of nitrogens with two attached hydrogens (primary N) is 1. The molecular formula is C59H76N10O14. The monoisotopic (exact) mass is 1150 g/mol. The number of likely N-dealkylation sites (N-methyl/N-ethyl adjacent to an activating group) is 2. The summed E-state index contributed by atoms with van der Waals surface area (Å²) in [4.78, 5) is 138. The van der Waals surface area contributed by atoms with Crippen LogP contribution in [0, 0.1) is 17.8 Å². The van der Waals surface area contributed by atoms with E-state index in [-0.39, 0.29) is 129 Å². The number of amides is 9. The van der Waals surface area contributed by atoms with Gasteiger partial charge in [-0.3, -0.25) is 33.7 Å². The van der Waals surface area contributed by atoms with Crippen molar-refractivity contribution in [1.29, 1.82) is 0 Å². The van der Waals surface area contributed by atoms with Gasteiger partial charge in [-0.25, -0.2) is 24.2 Å². The summed E-state index contributed by atoms with van der Waals surface area (Å²) in [6, 6.07) is 10.4. The number of pyridine rings is 2. The van der Waals surface area contributed by atoms with Crippen LogP contribution in [0.3, 0.4) is 0 Å². The third kappa shape index (κ3) is 14.4. The predicted molar refractivity (Wildman–Crippen MR) is 304 cm³/mol. The Hall–Kier alpha value is -8.41. The number of rotatable bonds is 25. The van der Waals surface area contributed by atoms with Gasteiger partial charge in [-0.15, -0.1) is 0 Å². The van der Waals surface area contributed by atoms with Crippen LogP contribution in [0.25, 0.3) is 22.3 Å². The fraction of sp³-hybridized carbons (Fsp3) is 0.508. The van der Waals surface area contributed by atoms with Gasteiger partial charge < -0.3 is 60.7 Å². The summed E-state index contributed by atoms with van der Waals surface area (Å²) in [5.74, 6) is -2.95. The minimum atomic E-state index is -1.95. The van der Waals surface area contributed by atoms with E-state index in [1.165, 1.54) is 28.8 Å². The molecule has 24 heteroatoms. The van der Waals surface area contributed by atoms with Crippen molar-refractivity contribution >= 4 is 70.3 Å². The minimum absolute atomic E-state index is 0.0247. The van der Waals surface area contributed by atoms with Crippen molar-refractivity contribution in [2.75, 3.05) is 45.6 Å². The zero-order chi connectivity index (χ0) is 60.4. The first kappa shape index (κ1) is 62.2. The number of likely N-dealkylation sites (tertiary alicyclic amines) is 1. The number of imide groups is 1. The Morgan fingerprint density at radius 2 is 1.59 bits per heavy atom. The molecule has 3 aliphatic heterocycles. The maximum atomic E-state index is 13.8. The first-order valence-electron chi connectivity index (χ1n) is 28.3. The molecule has 0 radical (unpaired) electrons. The first-order valence-corrected chi connectivity index (χ1v) is 28.3. The Morgan fingerprint density at radius 1 is 0.880 bits per heavy atom. The van der Waals surface area contributed by atoms with Crippen LogP contribution in [0.1, 0.15) is 121 Å². The van der Waals surface area contributed by atoms with Gasteiger partial charge in [0.05, 0.1) is 29.0 Å². The molecule has 446 valence electrons. The molecule has 4 atom stereocenters. The van der Waals surface area contributed by atoms with E-state index in [4.69, 9.17) is 24.9 Å². The Morgan fingerprint density at radius 3 is 2.24 bits per heavy atom.